The van der Waals surface area contributed by atoms with Crippen molar-refractivity contribution in [2.75, 3.05) is 0 Å². The highest BCUT2D eigenvalue weighted by molar-refractivity contribution is 7.71. The molecule has 3 aromatic rings. The first-order valence-corrected chi connectivity index (χ1v) is 10.9. The van der Waals surface area contributed by atoms with Crippen LogP contribution in [0.3, 0.4) is 0 Å². The fourth-order valence-electron chi connectivity index (χ4n) is 3.50. The highest BCUT2D eigenvalue weighted by atomic mass is 35.5. The van der Waals surface area contributed by atoms with Gasteiger partial charge in [0.25, 0.3) is 5.56 Å². The molecule has 0 amide bonds. The number of thiophene rings is 1. The van der Waals surface area contributed by atoms with Gasteiger partial charge in [-0.05, 0) is 68.1 Å². The van der Waals surface area contributed by atoms with Crippen molar-refractivity contribution in [2.24, 2.45) is 4.99 Å². The fraction of sp³-hybridized carbons (Fsp3) is 0.238. The van der Waals surface area contributed by atoms with E-state index in [-0.39, 0.29) is 16.2 Å². The van der Waals surface area contributed by atoms with E-state index in [1.165, 1.54) is 27.0 Å². The van der Waals surface area contributed by atoms with Crippen molar-refractivity contribution in [3.05, 3.63) is 65.5 Å². The maximum atomic E-state index is 12.5. The minimum atomic E-state index is -0.560. The van der Waals surface area contributed by atoms with E-state index in [0.717, 1.165) is 36.8 Å². The fourth-order valence-corrected chi connectivity index (χ4v) is 5.14. The number of fused-ring (bicyclic) bond motifs is 1. The van der Waals surface area contributed by atoms with Crippen molar-refractivity contribution in [2.45, 2.75) is 32.6 Å². The lowest BCUT2D eigenvalue weighted by Crippen LogP contribution is -2.18. The quantitative estimate of drug-likeness (QED) is 0.422. The molecule has 2 aromatic heterocycles. The zero-order valence-corrected chi connectivity index (χ0v) is 18.4. The standard InChI is InChI=1S/C21H17ClN4O2S2/c1-11-6-7-12(8-16(11)22)26-20(28)15(18(27)25-21(26)29)10-24-19-14(9-23)13-4-2-3-5-17(13)30-19/h6-8,10,28H,2-5H2,1H3,(H,25,27,29). The van der Waals surface area contributed by atoms with Crippen molar-refractivity contribution in [1.82, 2.24) is 9.55 Å². The van der Waals surface area contributed by atoms with Gasteiger partial charge in [0.1, 0.15) is 16.6 Å². The van der Waals surface area contributed by atoms with Crippen LogP contribution in [0.15, 0.2) is 28.0 Å². The minimum Gasteiger partial charge on any atom is -0.494 e. The van der Waals surface area contributed by atoms with Crippen LogP contribution in [0.2, 0.25) is 5.02 Å². The Morgan fingerprint density at radius 2 is 2.17 bits per heavy atom. The average molecular weight is 457 g/mol. The second-order valence-electron chi connectivity index (χ2n) is 7.03. The summed E-state index contributed by atoms with van der Waals surface area (Å²) in [7, 11) is 0. The molecule has 0 saturated carbocycles. The number of hydrogen-bond acceptors (Lipinski definition) is 6. The molecule has 0 radical (unpaired) electrons. The van der Waals surface area contributed by atoms with E-state index < -0.39 is 5.56 Å². The number of halogens is 1. The number of nitrogens with zero attached hydrogens (tertiary/aromatic N) is 3. The van der Waals surface area contributed by atoms with E-state index in [4.69, 9.17) is 23.8 Å². The number of H-pyrrole nitrogens is 1. The zero-order chi connectivity index (χ0) is 21.4. The Bertz CT molecular complexity index is 1340. The Labute approximate surface area is 186 Å². The van der Waals surface area contributed by atoms with Crippen LogP contribution in [0.25, 0.3) is 5.69 Å². The molecule has 6 nitrogen and oxygen atoms in total. The molecule has 9 heteroatoms. The lowest BCUT2D eigenvalue weighted by atomic mass is 9.96. The summed E-state index contributed by atoms with van der Waals surface area (Å²) in [6.45, 7) is 1.86. The van der Waals surface area contributed by atoms with Crippen molar-refractivity contribution in [1.29, 1.82) is 5.26 Å². The van der Waals surface area contributed by atoms with Gasteiger partial charge in [0.05, 0.1) is 11.3 Å². The number of aromatic nitrogens is 2. The maximum absolute atomic E-state index is 12.5. The largest absolute Gasteiger partial charge is 0.494 e. The summed E-state index contributed by atoms with van der Waals surface area (Å²) >= 11 is 12.9. The van der Waals surface area contributed by atoms with E-state index in [1.54, 1.807) is 18.2 Å². The van der Waals surface area contributed by atoms with Gasteiger partial charge in [0, 0.05) is 16.1 Å². The summed E-state index contributed by atoms with van der Waals surface area (Å²) < 4.78 is 1.37. The summed E-state index contributed by atoms with van der Waals surface area (Å²) in [4.78, 5) is 20.6. The Kier molecular flexibility index (Phi) is 5.60. The maximum Gasteiger partial charge on any atom is 0.264 e. The number of aryl methyl sites for hydroxylation is 2. The van der Waals surface area contributed by atoms with Crippen LogP contribution in [0.4, 0.5) is 5.00 Å². The van der Waals surface area contributed by atoms with Crippen molar-refractivity contribution < 1.29 is 5.11 Å². The molecule has 0 spiro atoms. The molecule has 30 heavy (non-hydrogen) atoms. The van der Waals surface area contributed by atoms with Crippen molar-refractivity contribution >= 4 is 46.4 Å². The van der Waals surface area contributed by atoms with E-state index in [0.29, 0.717) is 21.3 Å². The molecule has 152 valence electrons. The Morgan fingerprint density at radius 3 is 2.90 bits per heavy atom. The Balaban J connectivity index is 1.82. The molecule has 0 aliphatic heterocycles. The van der Waals surface area contributed by atoms with Gasteiger partial charge in [0.15, 0.2) is 4.77 Å². The Morgan fingerprint density at radius 1 is 1.40 bits per heavy atom. The van der Waals surface area contributed by atoms with Gasteiger partial charge in [-0.15, -0.1) is 11.3 Å². The predicted molar refractivity (Wildman–Crippen MR) is 122 cm³/mol. The number of nitrogens with one attached hydrogen (secondary N) is 1. The predicted octanol–water partition coefficient (Wildman–Crippen LogP) is 5.13. The highest BCUT2D eigenvalue weighted by Crippen LogP contribution is 2.39. The first-order chi connectivity index (χ1) is 14.4. The topological polar surface area (TPSA) is 94.2 Å². The van der Waals surface area contributed by atoms with Gasteiger partial charge in [0.2, 0.25) is 5.88 Å². The number of aliphatic imine (C=N–C) groups is 1. The number of nitriles is 1. The van der Waals surface area contributed by atoms with E-state index >= 15 is 0 Å². The molecule has 1 aromatic carbocycles. The third kappa shape index (κ3) is 3.60. The third-order valence-corrected chi connectivity index (χ3v) is 7.00. The van der Waals surface area contributed by atoms with Crippen molar-refractivity contribution in [3.8, 4) is 17.6 Å². The van der Waals surface area contributed by atoms with Crippen LogP contribution in [-0.2, 0) is 12.8 Å². The van der Waals surface area contributed by atoms with Gasteiger partial charge in [-0.1, -0.05) is 17.7 Å². The van der Waals surface area contributed by atoms with Crippen LogP contribution in [0.1, 0.15) is 40.0 Å². The van der Waals surface area contributed by atoms with Gasteiger partial charge in [-0.25, -0.2) is 4.99 Å². The molecule has 0 saturated heterocycles. The second kappa shape index (κ2) is 8.19. The summed E-state index contributed by atoms with van der Waals surface area (Å²) in [6.07, 6.45) is 5.25. The summed E-state index contributed by atoms with van der Waals surface area (Å²) in [5.41, 5.74) is 2.40. The van der Waals surface area contributed by atoms with Crippen LogP contribution in [0, 0.1) is 23.0 Å². The lowest BCUT2D eigenvalue weighted by Gasteiger charge is -2.12. The molecule has 1 aliphatic carbocycles. The smallest absolute Gasteiger partial charge is 0.264 e. The first kappa shape index (κ1) is 20.5. The second-order valence-corrected chi connectivity index (χ2v) is 8.90. The van der Waals surface area contributed by atoms with Crippen LogP contribution >= 0.6 is 35.2 Å². The van der Waals surface area contributed by atoms with Crippen molar-refractivity contribution in [3.63, 3.8) is 0 Å². The van der Waals surface area contributed by atoms with Crippen LogP contribution in [-0.4, -0.2) is 20.9 Å². The SMILES string of the molecule is Cc1ccc(-n2c(O)c(C=Nc3sc4c(c3C#N)CCCC4)c(=O)[nH]c2=S)cc1Cl. The molecule has 2 N–H and O–H groups in total. The summed E-state index contributed by atoms with van der Waals surface area (Å²) in [6, 6.07) is 7.44. The number of rotatable bonds is 3. The molecular weight excluding hydrogens is 440 g/mol. The van der Waals surface area contributed by atoms with Gasteiger partial charge in [-0.2, -0.15) is 5.26 Å². The van der Waals surface area contributed by atoms with Gasteiger partial charge < -0.3 is 5.11 Å². The van der Waals surface area contributed by atoms with Crippen LogP contribution in [0.5, 0.6) is 5.88 Å². The molecule has 0 fully saturated rings. The van der Waals surface area contributed by atoms with Crippen LogP contribution < -0.4 is 5.56 Å². The van der Waals surface area contributed by atoms with E-state index in [9.17, 15) is 15.2 Å². The minimum absolute atomic E-state index is 0.0406. The van der Waals surface area contributed by atoms with Gasteiger partial charge in [-0.3, -0.25) is 14.3 Å². The normalized spacial score (nSPS) is 13.4. The summed E-state index contributed by atoms with van der Waals surface area (Å²) in [5, 5.41) is 21.5. The zero-order valence-electron chi connectivity index (χ0n) is 16.0. The molecule has 0 bridgehead atoms. The van der Waals surface area contributed by atoms with E-state index in [2.05, 4.69) is 16.0 Å². The average Bonchev–Trinajstić information content (AvgIpc) is 3.07. The Hall–Kier alpha value is -2.73. The number of aromatic amines is 1. The highest BCUT2D eigenvalue weighted by Gasteiger charge is 2.20. The first-order valence-electron chi connectivity index (χ1n) is 9.34. The summed E-state index contributed by atoms with van der Waals surface area (Å²) in [5.74, 6) is -0.341. The monoisotopic (exact) mass is 456 g/mol. The lowest BCUT2D eigenvalue weighted by molar-refractivity contribution is 0.432. The molecule has 0 atom stereocenters. The molecular formula is C21H17ClN4O2S2. The number of hydrogen-bond donors (Lipinski definition) is 2. The molecule has 2 heterocycles. The number of aromatic hydroxyl groups is 1. The van der Waals surface area contributed by atoms with Gasteiger partial charge >= 0.3 is 0 Å². The van der Waals surface area contributed by atoms with E-state index in [1.807, 2.05) is 6.92 Å². The number of benzene rings is 1. The molecule has 4 rings (SSSR count). The molecule has 0 unspecified atom stereocenters. The third-order valence-electron chi connectivity index (χ3n) is 5.11. The molecule has 1 aliphatic rings.